The van der Waals surface area contributed by atoms with Gasteiger partial charge in [-0.25, -0.2) is 8.42 Å². The van der Waals surface area contributed by atoms with E-state index in [9.17, 15) is 8.42 Å². The van der Waals surface area contributed by atoms with Crippen molar-refractivity contribution in [2.45, 2.75) is 25.3 Å². The molecule has 2 aliphatic rings. The molecule has 3 rings (SSSR count). The van der Waals surface area contributed by atoms with Crippen LogP contribution in [-0.4, -0.2) is 26.0 Å². The van der Waals surface area contributed by atoms with Gasteiger partial charge in [-0.2, -0.15) is 0 Å². The van der Waals surface area contributed by atoms with Crippen molar-refractivity contribution >= 4 is 15.5 Å². The third-order valence-electron chi connectivity index (χ3n) is 3.61. The molecule has 0 saturated carbocycles. The minimum absolute atomic E-state index is 0.161. The second-order valence-electron chi connectivity index (χ2n) is 4.85. The summed E-state index contributed by atoms with van der Waals surface area (Å²) in [6, 6.07) is 6.57. The van der Waals surface area contributed by atoms with E-state index < -0.39 is 9.84 Å². The largest absolute Gasteiger partial charge is 0.381 e. The van der Waals surface area contributed by atoms with Gasteiger partial charge in [-0.3, -0.25) is 0 Å². The highest BCUT2D eigenvalue weighted by molar-refractivity contribution is 7.91. The van der Waals surface area contributed by atoms with E-state index in [2.05, 4.69) is 23.5 Å². The number of benzene rings is 1. The van der Waals surface area contributed by atoms with Crippen molar-refractivity contribution < 1.29 is 8.42 Å². The summed E-state index contributed by atoms with van der Waals surface area (Å²) in [5, 5.41) is 3.44. The summed E-state index contributed by atoms with van der Waals surface area (Å²) in [5.41, 5.74) is 3.51. The van der Waals surface area contributed by atoms with Gasteiger partial charge >= 0.3 is 0 Å². The van der Waals surface area contributed by atoms with E-state index in [1.54, 1.807) is 0 Å². The Balaban J connectivity index is 2.05. The molecule has 86 valence electrons. The Hall–Kier alpha value is -1.03. The molecule has 3 nitrogen and oxygen atoms in total. The monoisotopic (exact) mass is 237 g/mol. The summed E-state index contributed by atoms with van der Waals surface area (Å²) in [7, 11) is -2.83. The van der Waals surface area contributed by atoms with E-state index in [1.165, 1.54) is 11.1 Å². The highest BCUT2D eigenvalue weighted by Crippen LogP contribution is 2.41. The third kappa shape index (κ3) is 1.52. The standard InChI is InChI=1S/C12H15NO2S/c1-8-2-3-11-9(6-8)10-7-16(14,15)5-4-12(10)13-11/h2-3,6,10,12-13H,4-5,7H2,1H3. The number of aryl methyl sites for hydroxylation is 1. The zero-order chi connectivity index (χ0) is 11.3. The molecule has 2 heterocycles. The second-order valence-corrected chi connectivity index (χ2v) is 7.08. The first kappa shape index (κ1) is 10.1. The fourth-order valence-electron chi connectivity index (χ4n) is 2.78. The van der Waals surface area contributed by atoms with Gasteiger partial charge in [0.25, 0.3) is 0 Å². The topological polar surface area (TPSA) is 46.2 Å². The number of anilines is 1. The van der Waals surface area contributed by atoms with Gasteiger partial charge in [-0.1, -0.05) is 17.7 Å². The van der Waals surface area contributed by atoms with Crippen LogP contribution >= 0.6 is 0 Å². The maximum absolute atomic E-state index is 11.7. The number of hydrogen-bond donors (Lipinski definition) is 1. The van der Waals surface area contributed by atoms with Crippen LogP contribution in [0.5, 0.6) is 0 Å². The Morgan fingerprint density at radius 3 is 3.00 bits per heavy atom. The zero-order valence-electron chi connectivity index (χ0n) is 9.23. The number of sulfone groups is 1. The molecule has 1 aromatic carbocycles. The lowest BCUT2D eigenvalue weighted by molar-refractivity contribution is 0.539. The van der Waals surface area contributed by atoms with Gasteiger partial charge in [0.2, 0.25) is 0 Å². The molecule has 1 fully saturated rings. The quantitative estimate of drug-likeness (QED) is 0.747. The van der Waals surface area contributed by atoms with Crippen molar-refractivity contribution in [3.63, 3.8) is 0 Å². The van der Waals surface area contributed by atoms with Gasteiger partial charge in [-0.15, -0.1) is 0 Å². The SMILES string of the molecule is Cc1ccc2c(c1)C1CS(=O)(=O)CCC1N2. The fraction of sp³-hybridized carbons (Fsp3) is 0.500. The Labute approximate surface area is 95.8 Å². The Kier molecular flexibility index (Phi) is 2.05. The van der Waals surface area contributed by atoms with Crippen LogP contribution < -0.4 is 5.32 Å². The summed E-state index contributed by atoms with van der Waals surface area (Å²) in [6.45, 7) is 2.05. The highest BCUT2D eigenvalue weighted by Gasteiger charge is 2.39. The summed E-state index contributed by atoms with van der Waals surface area (Å²) >= 11 is 0. The van der Waals surface area contributed by atoms with Crippen molar-refractivity contribution in [3.05, 3.63) is 29.3 Å². The van der Waals surface area contributed by atoms with Crippen LogP contribution in [0.3, 0.4) is 0 Å². The van der Waals surface area contributed by atoms with E-state index in [1.807, 2.05) is 6.92 Å². The average molecular weight is 237 g/mol. The van der Waals surface area contributed by atoms with Crippen molar-refractivity contribution in [1.82, 2.24) is 0 Å². The molecular weight excluding hydrogens is 222 g/mol. The van der Waals surface area contributed by atoms with E-state index in [0.29, 0.717) is 17.5 Å². The smallest absolute Gasteiger partial charge is 0.151 e. The Morgan fingerprint density at radius 2 is 2.19 bits per heavy atom. The molecule has 2 atom stereocenters. The normalized spacial score (nSPS) is 30.3. The predicted octanol–water partition coefficient (Wildman–Crippen LogP) is 1.69. The van der Waals surface area contributed by atoms with Gasteiger partial charge in [-0.05, 0) is 25.0 Å². The highest BCUT2D eigenvalue weighted by atomic mass is 32.2. The van der Waals surface area contributed by atoms with Crippen LogP contribution in [0.1, 0.15) is 23.5 Å². The summed E-state index contributed by atoms with van der Waals surface area (Å²) < 4.78 is 23.3. The van der Waals surface area contributed by atoms with E-state index in [-0.39, 0.29) is 5.92 Å². The second kappa shape index (κ2) is 3.23. The van der Waals surface area contributed by atoms with Gasteiger partial charge in [0, 0.05) is 17.6 Å². The molecule has 0 radical (unpaired) electrons. The van der Waals surface area contributed by atoms with Gasteiger partial charge < -0.3 is 5.32 Å². The van der Waals surface area contributed by atoms with E-state index >= 15 is 0 Å². The lowest BCUT2D eigenvalue weighted by Gasteiger charge is -2.25. The summed E-state index contributed by atoms with van der Waals surface area (Å²) in [4.78, 5) is 0. The van der Waals surface area contributed by atoms with E-state index in [0.717, 1.165) is 12.1 Å². The molecule has 16 heavy (non-hydrogen) atoms. The van der Waals surface area contributed by atoms with Crippen LogP contribution in [-0.2, 0) is 9.84 Å². The molecule has 0 spiro atoms. The van der Waals surface area contributed by atoms with Gasteiger partial charge in [0.1, 0.15) is 0 Å². The van der Waals surface area contributed by atoms with Crippen molar-refractivity contribution in [2.24, 2.45) is 0 Å². The number of nitrogens with one attached hydrogen (secondary N) is 1. The predicted molar refractivity (Wildman–Crippen MR) is 64.6 cm³/mol. The molecule has 2 unspecified atom stereocenters. The minimum atomic E-state index is -2.83. The third-order valence-corrected chi connectivity index (χ3v) is 5.33. The Bertz CT molecular complexity index is 536. The first-order chi connectivity index (χ1) is 7.55. The molecule has 1 saturated heterocycles. The van der Waals surface area contributed by atoms with Gasteiger partial charge in [0.15, 0.2) is 9.84 Å². The van der Waals surface area contributed by atoms with Crippen molar-refractivity contribution in [2.75, 3.05) is 16.8 Å². The summed E-state index contributed by atoms with van der Waals surface area (Å²) in [5.74, 6) is 0.795. The van der Waals surface area contributed by atoms with Crippen LogP contribution in [0.2, 0.25) is 0 Å². The maximum Gasteiger partial charge on any atom is 0.151 e. The summed E-state index contributed by atoms with van der Waals surface area (Å²) in [6.07, 6.45) is 0.737. The van der Waals surface area contributed by atoms with Crippen LogP contribution in [0.25, 0.3) is 0 Å². The molecule has 0 bridgehead atoms. The molecular formula is C12H15NO2S. The lowest BCUT2D eigenvalue weighted by atomic mass is 9.94. The molecule has 2 aliphatic heterocycles. The van der Waals surface area contributed by atoms with Crippen molar-refractivity contribution in [1.29, 1.82) is 0 Å². The minimum Gasteiger partial charge on any atom is -0.381 e. The van der Waals surface area contributed by atoms with Crippen LogP contribution in [0, 0.1) is 6.92 Å². The first-order valence-electron chi connectivity index (χ1n) is 5.63. The average Bonchev–Trinajstić information content (AvgIpc) is 2.55. The molecule has 1 aromatic rings. The van der Waals surface area contributed by atoms with Gasteiger partial charge in [0.05, 0.1) is 11.5 Å². The lowest BCUT2D eigenvalue weighted by Crippen LogP contribution is -2.35. The number of rotatable bonds is 0. The number of hydrogen-bond acceptors (Lipinski definition) is 3. The number of fused-ring (bicyclic) bond motifs is 3. The van der Waals surface area contributed by atoms with Crippen LogP contribution in [0.4, 0.5) is 5.69 Å². The molecule has 0 amide bonds. The Morgan fingerprint density at radius 1 is 1.38 bits per heavy atom. The van der Waals surface area contributed by atoms with Crippen molar-refractivity contribution in [3.8, 4) is 0 Å². The molecule has 4 heteroatoms. The molecule has 0 aliphatic carbocycles. The maximum atomic E-state index is 11.7. The zero-order valence-corrected chi connectivity index (χ0v) is 10.0. The molecule has 1 N–H and O–H groups in total. The first-order valence-corrected chi connectivity index (χ1v) is 7.45. The fourth-order valence-corrected chi connectivity index (χ4v) is 4.52. The molecule has 0 aromatic heterocycles. The van der Waals surface area contributed by atoms with Crippen LogP contribution in [0.15, 0.2) is 18.2 Å². The van der Waals surface area contributed by atoms with E-state index in [4.69, 9.17) is 0 Å².